The summed E-state index contributed by atoms with van der Waals surface area (Å²) >= 11 is 5.91. The Morgan fingerprint density at radius 2 is 2.33 bits per heavy atom. The van der Waals surface area contributed by atoms with Gasteiger partial charge in [0.05, 0.1) is 11.6 Å². The highest BCUT2D eigenvalue weighted by atomic mass is 35.5. The molecule has 0 spiro atoms. The van der Waals surface area contributed by atoms with Gasteiger partial charge in [-0.2, -0.15) is 4.68 Å². The molecule has 0 radical (unpaired) electrons. The molecule has 0 amide bonds. The molecule has 1 aromatic carbocycles. The smallest absolute Gasteiger partial charge is 0.307 e. The van der Waals surface area contributed by atoms with Crippen LogP contribution in [0.5, 0.6) is 0 Å². The Kier molecular flexibility index (Phi) is 2.52. The second kappa shape index (κ2) is 4.06. The van der Waals surface area contributed by atoms with Gasteiger partial charge in [0.1, 0.15) is 0 Å². The number of nitrogens with zero attached hydrogens (tertiary/aromatic N) is 4. The van der Waals surface area contributed by atoms with E-state index in [9.17, 15) is 4.79 Å². The predicted molar refractivity (Wildman–Crippen MR) is 62.6 cm³/mol. The first-order valence-electron chi connectivity index (χ1n) is 5.44. The molecule has 1 aliphatic rings. The van der Waals surface area contributed by atoms with E-state index in [0.717, 1.165) is 5.69 Å². The van der Waals surface area contributed by atoms with E-state index in [1.807, 2.05) is 6.07 Å². The SMILES string of the molecule is O=C(O)C1CC1c1nnnn1-c1cccc(Cl)c1. The zero-order valence-electron chi connectivity index (χ0n) is 9.19. The molecule has 3 rings (SSSR count). The lowest BCUT2D eigenvalue weighted by Crippen LogP contribution is -2.05. The summed E-state index contributed by atoms with van der Waals surface area (Å²) in [4.78, 5) is 10.9. The number of aliphatic carboxylic acids is 1. The molecule has 92 valence electrons. The first-order chi connectivity index (χ1) is 8.66. The van der Waals surface area contributed by atoms with Crippen molar-refractivity contribution in [3.63, 3.8) is 0 Å². The minimum atomic E-state index is -0.805. The Labute approximate surface area is 107 Å². The molecule has 1 fully saturated rings. The summed E-state index contributed by atoms with van der Waals surface area (Å²) in [6.45, 7) is 0. The van der Waals surface area contributed by atoms with Gasteiger partial charge in [0.15, 0.2) is 5.82 Å². The van der Waals surface area contributed by atoms with Crippen LogP contribution in [0.2, 0.25) is 5.02 Å². The van der Waals surface area contributed by atoms with Crippen LogP contribution in [0.25, 0.3) is 5.69 Å². The fraction of sp³-hybridized carbons (Fsp3) is 0.273. The highest BCUT2D eigenvalue weighted by Crippen LogP contribution is 2.46. The third kappa shape index (κ3) is 1.84. The molecule has 2 unspecified atom stereocenters. The molecule has 0 aliphatic heterocycles. The third-order valence-electron chi connectivity index (χ3n) is 2.99. The Morgan fingerprint density at radius 1 is 1.50 bits per heavy atom. The molecule has 1 heterocycles. The van der Waals surface area contributed by atoms with Crippen LogP contribution in [0.4, 0.5) is 0 Å². The van der Waals surface area contributed by atoms with Crippen LogP contribution in [0.15, 0.2) is 24.3 Å². The van der Waals surface area contributed by atoms with Gasteiger partial charge in [0.2, 0.25) is 0 Å². The zero-order valence-corrected chi connectivity index (χ0v) is 9.95. The average molecular weight is 265 g/mol. The summed E-state index contributed by atoms with van der Waals surface area (Å²) < 4.78 is 1.54. The summed E-state index contributed by atoms with van der Waals surface area (Å²) in [6.07, 6.45) is 0.580. The highest BCUT2D eigenvalue weighted by Gasteiger charge is 2.47. The minimum Gasteiger partial charge on any atom is -0.481 e. The van der Waals surface area contributed by atoms with Crippen molar-refractivity contribution >= 4 is 17.6 Å². The van der Waals surface area contributed by atoms with Crippen molar-refractivity contribution in [1.82, 2.24) is 20.2 Å². The van der Waals surface area contributed by atoms with E-state index in [-0.39, 0.29) is 11.8 Å². The largest absolute Gasteiger partial charge is 0.481 e. The monoisotopic (exact) mass is 264 g/mol. The number of hydrogen-bond acceptors (Lipinski definition) is 4. The number of hydrogen-bond donors (Lipinski definition) is 1. The zero-order chi connectivity index (χ0) is 12.7. The maximum atomic E-state index is 10.9. The number of benzene rings is 1. The summed E-state index contributed by atoms with van der Waals surface area (Å²) in [6, 6.07) is 7.11. The lowest BCUT2D eigenvalue weighted by Gasteiger charge is -2.03. The van der Waals surface area contributed by atoms with Crippen LogP contribution in [-0.2, 0) is 4.79 Å². The molecule has 18 heavy (non-hydrogen) atoms. The Hall–Kier alpha value is -1.95. The number of aromatic nitrogens is 4. The van der Waals surface area contributed by atoms with Gasteiger partial charge in [-0.3, -0.25) is 4.79 Å². The average Bonchev–Trinajstić information content (AvgIpc) is 2.99. The van der Waals surface area contributed by atoms with E-state index in [0.29, 0.717) is 17.3 Å². The topological polar surface area (TPSA) is 80.9 Å². The molecule has 2 atom stereocenters. The summed E-state index contributed by atoms with van der Waals surface area (Å²) in [5.74, 6) is -0.726. The Balaban J connectivity index is 1.96. The molecular weight excluding hydrogens is 256 g/mol. The quantitative estimate of drug-likeness (QED) is 0.909. The van der Waals surface area contributed by atoms with Gasteiger partial charge >= 0.3 is 5.97 Å². The second-order valence-corrected chi connectivity index (χ2v) is 4.65. The lowest BCUT2D eigenvalue weighted by molar-refractivity contribution is -0.138. The van der Waals surface area contributed by atoms with Gasteiger partial charge in [0.25, 0.3) is 0 Å². The molecule has 1 aromatic heterocycles. The van der Waals surface area contributed by atoms with Crippen molar-refractivity contribution in [1.29, 1.82) is 0 Å². The van der Waals surface area contributed by atoms with E-state index in [4.69, 9.17) is 16.7 Å². The van der Waals surface area contributed by atoms with E-state index in [1.165, 1.54) is 0 Å². The van der Waals surface area contributed by atoms with E-state index >= 15 is 0 Å². The number of rotatable bonds is 3. The van der Waals surface area contributed by atoms with Crippen LogP contribution < -0.4 is 0 Å². The number of tetrazole rings is 1. The van der Waals surface area contributed by atoms with Crippen LogP contribution in [0.1, 0.15) is 18.2 Å². The Morgan fingerprint density at radius 3 is 3.00 bits per heavy atom. The molecule has 7 heteroatoms. The molecule has 2 aromatic rings. The number of carbonyl (C=O) groups is 1. The van der Waals surface area contributed by atoms with Crippen LogP contribution >= 0.6 is 11.6 Å². The highest BCUT2D eigenvalue weighted by molar-refractivity contribution is 6.30. The van der Waals surface area contributed by atoms with Crippen molar-refractivity contribution < 1.29 is 9.90 Å². The molecule has 0 bridgehead atoms. The lowest BCUT2D eigenvalue weighted by atomic mass is 10.3. The Bertz CT molecular complexity index is 613. The van der Waals surface area contributed by atoms with Gasteiger partial charge in [-0.25, -0.2) is 0 Å². The van der Waals surface area contributed by atoms with E-state index in [1.54, 1.807) is 22.9 Å². The second-order valence-electron chi connectivity index (χ2n) is 4.22. The van der Waals surface area contributed by atoms with Crippen molar-refractivity contribution in [3.8, 4) is 5.69 Å². The predicted octanol–water partition coefficient (Wildman–Crippen LogP) is 1.50. The first kappa shape index (κ1) is 11.2. The third-order valence-corrected chi connectivity index (χ3v) is 3.22. The van der Waals surface area contributed by atoms with Crippen molar-refractivity contribution in [3.05, 3.63) is 35.1 Å². The van der Waals surface area contributed by atoms with Crippen molar-refractivity contribution in [2.75, 3.05) is 0 Å². The van der Waals surface area contributed by atoms with E-state index in [2.05, 4.69) is 15.5 Å². The van der Waals surface area contributed by atoms with Crippen molar-refractivity contribution in [2.24, 2.45) is 5.92 Å². The van der Waals surface area contributed by atoms with Crippen LogP contribution in [-0.4, -0.2) is 31.3 Å². The van der Waals surface area contributed by atoms with Gasteiger partial charge in [-0.05, 0) is 35.0 Å². The van der Waals surface area contributed by atoms with Gasteiger partial charge < -0.3 is 5.11 Å². The molecule has 0 saturated heterocycles. The van der Waals surface area contributed by atoms with Gasteiger partial charge in [-0.1, -0.05) is 17.7 Å². The summed E-state index contributed by atoms with van der Waals surface area (Å²) in [5, 5.41) is 20.9. The fourth-order valence-electron chi connectivity index (χ4n) is 1.97. The molecule has 1 aliphatic carbocycles. The van der Waals surface area contributed by atoms with Crippen LogP contribution in [0.3, 0.4) is 0 Å². The van der Waals surface area contributed by atoms with Gasteiger partial charge in [-0.15, -0.1) is 5.10 Å². The minimum absolute atomic E-state index is 0.114. The first-order valence-corrected chi connectivity index (χ1v) is 5.81. The van der Waals surface area contributed by atoms with E-state index < -0.39 is 5.97 Å². The fourth-order valence-corrected chi connectivity index (χ4v) is 2.15. The van der Waals surface area contributed by atoms with Gasteiger partial charge in [0, 0.05) is 10.9 Å². The molecule has 1 N–H and O–H groups in total. The normalized spacial score (nSPS) is 21.8. The number of halogens is 1. The maximum absolute atomic E-state index is 10.9. The number of carboxylic acids is 1. The van der Waals surface area contributed by atoms with Crippen LogP contribution in [0, 0.1) is 5.92 Å². The molecule has 1 saturated carbocycles. The number of carboxylic acid groups (broad SMARTS) is 1. The molecule has 6 nitrogen and oxygen atoms in total. The summed E-state index contributed by atoms with van der Waals surface area (Å²) in [7, 11) is 0. The maximum Gasteiger partial charge on any atom is 0.307 e. The van der Waals surface area contributed by atoms with Crippen molar-refractivity contribution in [2.45, 2.75) is 12.3 Å². The molecular formula is C11H9ClN4O2. The summed E-state index contributed by atoms with van der Waals surface area (Å²) in [5.41, 5.74) is 0.735. The standard InChI is InChI=1S/C11H9ClN4O2/c12-6-2-1-3-7(4-6)16-10(13-14-15-16)8-5-9(8)11(17)18/h1-4,8-9H,5H2,(H,17,18).